The topological polar surface area (TPSA) is 26.3 Å². The van der Waals surface area contributed by atoms with Gasteiger partial charge in [0.25, 0.3) is 0 Å². The van der Waals surface area contributed by atoms with E-state index < -0.39 is 5.97 Å². The second kappa shape index (κ2) is 3.39. The van der Waals surface area contributed by atoms with Crippen molar-refractivity contribution < 1.29 is 9.53 Å². The average molecular weight is 170 g/mol. The molecule has 0 amide bonds. The van der Waals surface area contributed by atoms with Crippen LogP contribution >= 0.6 is 11.6 Å². The lowest BCUT2D eigenvalue weighted by Crippen LogP contribution is -2.01. The van der Waals surface area contributed by atoms with Crippen LogP contribution in [0.5, 0.6) is 5.75 Å². The monoisotopic (exact) mass is 169 g/mol. The van der Waals surface area contributed by atoms with Gasteiger partial charge in [-0.05, 0) is 24.3 Å². The summed E-state index contributed by atoms with van der Waals surface area (Å²) >= 11 is 5.59. The molecule has 2 nitrogen and oxygen atoms in total. The molecule has 0 unspecified atom stereocenters. The third kappa shape index (κ3) is 2.60. The molecular weight excluding hydrogens is 164 g/mol. The Morgan fingerprint density at radius 1 is 1.36 bits per heavy atom. The fourth-order valence-corrected chi connectivity index (χ4v) is 0.760. The summed E-state index contributed by atoms with van der Waals surface area (Å²) in [6.45, 7) is 3.06. The van der Waals surface area contributed by atoms with Crippen molar-refractivity contribution in [1.82, 2.24) is 0 Å². The van der Waals surface area contributed by atoms with Crippen molar-refractivity contribution in [3.63, 3.8) is 0 Å². The number of esters is 1. The highest BCUT2D eigenvalue weighted by atomic mass is 35.5. The Kier molecular flexibility index (Phi) is 2.49. The van der Waals surface area contributed by atoms with E-state index in [2.05, 4.69) is 11.7 Å². The van der Waals surface area contributed by atoms with Gasteiger partial charge in [0.05, 0.1) is 6.92 Å². The molecule has 0 fully saturated rings. The summed E-state index contributed by atoms with van der Waals surface area (Å²) in [6, 6.07) is 6.48. The summed E-state index contributed by atoms with van der Waals surface area (Å²) in [5.74, 6) is -0.123. The minimum atomic E-state index is -0.577. The van der Waals surface area contributed by atoms with E-state index in [1.54, 1.807) is 24.3 Å². The highest BCUT2D eigenvalue weighted by Crippen LogP contribution is 2.15. The zero-order chi connectivity index (χ0) is 8.27. The number of carbonyl (C=O) groups is 1. The molecule has 0 saturated carbocycles. The van der Waals surface area contributed by atoms with Crippen LogP contribution in [0.15, 0.2) is 24.3 Å². The van der Waals surface area contributed by atoms with Crippen LogP contribution in [0.25, 0.3) is 0 Å². The average Bonchev–Trinajstić information content (AvgIpc) is 1.93. The molecule has 0 heterocycles. The second-order valence-electron chi connectivity index (χ2n) is 1.93. The molecule has 0 spiro atoms. The predicted molar refractivity (Wildman–Crippen MR) is 42.4 cm³/mol. The van der Waals surface area contributed by atoms with Crippen molar-refractivity contribution in [3.8, 4) is 5.75 Å². The Labute approximate surface area is 69.7 Å². The Hall–Kier alpha value is -1.02. The molecule has 11 heavy (non-hydrogen) atoms. The highest BCUT2D eigenvalue weighted by Gasteiger charge is 1.95. The number of hydrogen-bond donors (Lipinski definition) is 0. The molecule has 0 aliphatic rings. The van der Waals surface area contributed by atoms with Gasteiger partial charge in [-0.3, -0.25) is 4.79 Å². The summed E-state index contributed by atoms with van der Waals surface area (Å²) in [5.41, 5.74) is 0. The molecular formula is C8H6ClO2. The van der Waals surface area contributed by atoms with Gasteiger partial charge >= 0.3 is 5.97 Å². The van der Waals surface area contributed by atoms with Crippen molar-refractivity contribution >= 4 is 17.6 Å². The van der Waals surface area contributed by atoms with Crippen molar-refractivity contribution in [3.05, 3.63) is 36.2 Å². The van der Waals surface area contributed by atoms with Gasteiger partial charge in [-0.25, -0.2) is 0 Å². The van der Waals surface area contributed by atoms with Crippen molar-refractivity contribution in [2.75, 3.05) is 0 Å². The molecule has 0 bridgehead atoms. The first kappa shape index (κ1) is 8.08. The van der Waals surface area contributed by atoms with E-state index in [0.29, 0.717) is 10.8 Å². The maximum absolute atomic E-state index is 10.3. The third-order valence-corrected chi connectivity index (χ3v) is 1.30. The maximum Gasteiger partial charge on any atom is 0.311 e. The van der Waals surface area contributed by atoms with Gasteiger partial charge in [0.2, 0.25) is 0 Å². The largest absolute Gasteiger partial charge is 0.427 e. The lowest BCUT2D eigenvalue weighted by atomic mass is 10.3. The van der Waals surface area contributed by atoms with Crippen LogP contribution in [-0.2, 0) is 4.79 Å². The molecule has 0 aliphatic carbocycles. The molecule has 1 rings (SSSR count). The van der Waals surface area contributed by atoms with Gasteiger partial charge in [0.15, 0.2) is 0 Å². The van der Waals surface area contributed by atoms with Gasteiger partial charge in [-0.15, -0.1) is 0 Å². The Balaban J connectivity index is 2.74. The molecule has 0 aromatic heterocycles. The van der Waals surface area contributed by atoms with E-state index >= 15 is 0 Å². The molecule has 3 heteroatoms. The smallest absolute Gasteiger partial charge is 0.311 e. The normalized spacial score (nSPS) is 9.27. The van der Waals surface area contributed by atoms with E-state index in [1.165, 1.54) is 0 Å². The van der Waals surface area contributed by atoms with Gasteiger partial charge in [-0.1, -0.05) is 11.6 Å². The van der Waals surface area contributed by atoms with Crippen LogP contribution < -0.4 is 4.74 Å². The molecule has 1 radical (unpaired) electrons. The summed E-state index contributed by atoms with van der Waals surface area (Å²) < 4.78 is 4.66. The van der Waals surface area contributed by atoms with Crippen molar-refractivity contribution in [2.45, 2.75) is 0 Å². The summed E-state index contributed by atoms with van der Waals surface area (Å²) in [6.07, 6.45) is 0. The lowest BCUT2D eigenvalue weighted by Gasteiger charge is -1.98. The van der Waals surface area contributed by atoms with Crippen molar-refractivity contribution in [1.29, 1.82) is 0 Å². The Bertz CT molecular complexity index is 253. The lowest BCUT2D eigenvalue weighted by molar-refractivity contribution is -0.129. The number of benzene rings is 1. The van der Waals surface area contributed by atoms with Crippen LogP contribution in [0, 0.1) is 6.92 Å². The molecule has 0 aliphatic heterocycles. The zero-order valence-electron chi connectivity index (χ0n) is 5.71. The van der Waals surface area contributed by atoms with E-state index in [9.17, 15) is 4.79 Å². The Morgan fingerprint density at radius 2 is 1.91 bits per heavy atom. The van der Waals surface area contributed by atoms with Gasteiger partial charge in [-0.2, -0.15) is 0 Å². The van der Waals surface area contributed by atoms with Crippen LogP contribution in [0.4, 0.5) is 0 Å². The number of rotatable bonds is 1. The van der Waals surface area contributed by atoms with Crippen LogP contribution in [0.1, 0.15) is 0 Å². The first-order valence-corrected chi connectivity index (χ1v) is 3.35. The van der Waals surface area contributed by atoms with Gasteiger partial charge in [0, 0.05) is 5.02 Å². The predicted octanol–water partition coefficient (Wildman–Crippen LogP) is 2.08. The molecule has 1 aromatic carbocycles. The molecule has 0 atom stereocenters. The molecule has 0 N–H and O–H groups in total. The van der Waals surface area contributed by atoms with Crippen LogP contribution in [-0.4, -0.2) is 5.97 Å². The molecule has 57 valence electrons. The number of ether oxygens (including phenoxy) is 1. The number of hydrogen-bond acceptors (Lipinski definition) is 2. The van der Waals surface area contributed by atoms with Gasteiger partial charge in [0.1, 0.15) is 5.75 Å². The Morgan fingerprint density at radius 3 is 2.36 bits per heavy atom. The van der Waals surface area contributed by atoms with Crippen LogP contribution in [0.2, 0.25) is 5.02 Å². The first-order valence-electron chi connectivity index (χ1n) is 2.98. The van der Waals surface area contributed by atoms with Gasteiger partial charge < -0.3 is 4.74 Å². The maximum atomic E-state index is 10.3. The fraction of sp³-hybridized carbons (Fsp3) is 0. The summed E-state index contributed by atoms with van der Waals surface area (Å²) in [4.78, 5) is 10.3. The number of carbonyl (C=O) groups excluding carboxylic acids is 1. The standard InChI is InChI=1S/C8H6ClO2/c1-6(10)11-8-4-2-7(9)3-5-8/h2-5H,1H2. The van der Waals surface area contributed by atoms with Crippen LogP contribution in [0.3, 0.4) is 0 Å². The summed E-state index contributed by atoms with van der Waals surface area (Å²) in [5, 5.41) is 0.605. The van der Waals surface area contributed by atoms with E-state index in [4.69, 9.17) is 11.6 Å². The third-order valence-electron chi connectivity index (χ3n) is 1.05. The first-order chi connectivity index (χ1) is 5.18. The molecule has 1 aromatic rings. The second-order valence-corrected chi connectivity index (χ2v) is 2.36. The highest BCUT2D eigenvalue weighted by molar-refractivity contribution is 6.30. The minimum absolute atomic E-state index is 0.453. The zero-order valence-corrected chi connectivity index (χ0v) is 6.47. The van der Waals surface area contributed by atoms with E-state index in [0.717, 1.165) is 0 Å². The van der Waals surface area contributed by atoms with E-state index in [-0.39, 0.29) is 0 Å². The fourth-order valence-electron chi connectivity index (χ4n) is 0.634. The number of halogens is 1. The van der Waals surface area contributed by atoms with Crippen molar-refractivity contribution in [2.24, 2.45) is 0 Å². The quantitative estimate of drug-likeness (QED) is 0.475. The minimum Gasteiger partial charge on any atom is -0.427 e. The molecule has 0 saturated heterocycles. The van der Waals surface area contributed by atoms with E-state index in [1.807, 2.05) is 0 Å². The summed E-state index contributed by atoms with van der Waals surface area (Å²) in [7, 11) is 0. The SMILES string of the molecule is [CH2]C(=O)Oc1ccc(Cl)cc1.